The maximum absolute atomic E-state index is 13.3. The Balaban J connectivity index is 2.17. The van der Waals surface area contributed by atoms with Gasteiger partial charge in [-0.2, -0.15) is 0 Å². The van der Waals surface area contributed by atoms with E-state index in [1.165, 1.54) is 23.5 Å². The molecule has 0 atom stereocenters. The number of nitrogen functional groups attached to an aromatic ring is 1. The van der Waals surface area contributed by atoms with Crippen molar-refractivity contribution in [2.45, 2.75) is 6.42 Å². The smallest absolute Gasteiger partial charge is 0.265 e. The maximum atomic E-state index is 13.3. The molecular formula is C15H20FN3OS. The van der Waals surface area contributed by atoms with Crippen LogP contribution in [-0.4, -0.2) is 49.9 Å². The largest absolute Gasteiger partial charge is 0.397 e. The van der Waals surface area contributed by atoms with Crippen LogP contribution in [0, 0.1) is 5.82 Å². The van der Waals surface area contributed by atoms with Gasteiger partial charge in [-0.3, -0.25) is 4.79 Å². The molecule has 2 aromatic rings. The Morgan fingerprint density at radius 1 is 1.29 bits per heavy atom. The highest BCUT2D eigenvalue weighted by molar-refractivity contribution is 7.21. The molecule has 0 bridgehead atoms. The number of nitrogens with zero attached hydrogens (tertiary/aromatic N) is 2. The zero-order valence-electron chi connectivity index (χ0n) is 12.5. The monoisotopic (exact) mass is 309 g/mol. The summed E-state index contributed by atoms with van der Waals surface area (Å²) < 4.78 is 14.1. The zero-order valence-corrected chi connectivity index (χ0v) is 13.3. The topological polar surface area (TPSA) is 49.6 Å². The number of amides is 1. The number of hydrogen-bond acceptors (Lipinski definition) is 4. The van der Waals surface area contributed by atoms with E-state index in [0.29, 0.717) is 22.5 Å². The minimum Gasteiger partial charge on any atom is -0.397 e. The van der Waals surface area contributed by atoms with Crippen molar-refractivity contribution in [3.63, 3.8) is 0 Å². The summed E-state index contributed by atoms with van der Waals surface area (Å²) in [7, 11) is 5.77. The van der Waals surface area contributed by atoms with Crippen LogP contribution in [0.25, 0.3) is 10.1 Å². The van der Waals surface area contributed by atoms with E-state index < -0.39 is 0 Å². The molecular weight excluding hydrogens is 289 g/mol. The van der Waals surface area contributed by atoms with Crippen molar-refractivity contribution in [3.8, 4) is 0 Å². The summed E-state index contributed by atoms with van der Waals surface area (Å²) in [6.07, 6.45) is 0.897. The minimum atomic E-state index is -0.342. The molecule has 0 aliphatic carbocycles. The number of rotatable bonds is 5. The predicted octanol–water partition coefficient (Wildman–Crippen LogP) is 2.65. The number of carbonyl (C=O) groups is 1. The van der Waals surface area contributed by atoms with Crippen molar-refractivity contribution >= 4 is 33.0 Å². The van der Waals surface area contributed by atoms with Crippen molar-refractivity contribution < 1.29 is 9.18 Å². The number of thiophene rings is 1. The average Bonchev–Trinajstić information content (AvgIpc) is 2.74. The Morgan fingerprint density at radius 2 is 2.00 bits per heavy atom. The first-order valence-corrected chi connectivity index (χ1v) is 7.59. The second-order valence-electron chi connectivity index (χ2n) is 5.37. The molecule has 2 rings (SSSR count). The minimum absolute atomic E-state index is 0.104. The van der Waals surface area contributed by atoms with Gasteiger partial charge in [-0.1, -0.05) is 0 Å². The third kappa shape index (κ3) is 3.51. The van der Waals surface area contributed by atoms with Crippen LogP contribution in [0.2, 0.25) is 0 Å². The van der Waals surface area contributed by atoms with Crippen LogP contribution in [0.1, 0.15) is 16.1 Å². The van der Waals surface area contributed by atoms with Crippen LogP contribution in [0.4, 0.5) is 10.1 Å². The molecule has 1 heterocycles. The zero-order chi connectivity index (χ0) is 15.6. The molecule has 21 heavy (non-hydrogen) atoms. The third-order valence-corrected chi connectivity index (χ3v) is 4.50. The van der Waals surface area contributed by atoms with Gasteiger partial charge in [-0.15, -0.1) is 11.3 Å². The first-order valence-electron chi connectivity index (χ1n) is 6.78. The number of halogens is 1. The van der Waals surface area contributed by atoms with Gasteiger partial charge in [0, 0.05) is 23.7 Å². The summed E-state index contributed by atoms with van der Waals surface area (Å²) in [6, 6.07) is 4.42. The second-order valence-corrected chi connectivity index (χ2v) is 6.42. The lowest BCUT2D eigenvalue weighted by molar-refractivity contribution is 0.0796. The number of hydrogen-bond donors (Lipinski definition) is 1. The lowest BCUT2D eigenvalue weighted by Gasteiger charge is -2.18. The molecule has 0 fully saturated rings. The van der Waals surface area contributed by atoms with Gasteiger partial charge in [0.1, 0.15) is 10.7 Å². The molecule has 0 radical (unpaired) electrons. The molecule has 1 aromatic carbocycles. The van der Waals surface area contributed by atoms with E-state index >= 15 is 0 Å². The lowest BCUT2D eigenvalue weighted by atomic mass is 10.2. The Bertz CT molecular complexity index is 654. The molecule has 114 valence electrons. The van der Waals surface area contributed by atoms with E-state index in [-0.39, 0.29) is 11.7 Å². The Kier molecular flexibility index (Phi) is 4.80. The molecule has 6 heteroatoms. The molecule has 4 nitrogen and oxygen atoms in total. The van der Waals surface area contributed by atoms with E-state index in [2.05, 4.69) is 4.90 Å². The average molecular weight is 309 g/mol. The fourth-order valence-corrected chi connectivity index (χ4v) is 3.24. The van der Waals surface area contributed by atoms with Crippen molar-refractivity contribution in [1.29, 1.82) is 0 Å². The van der Waals surface area contributed by atoms with Gasteiger partial charge in [-0.25, -0.2) is 4.39 Å². The molecule has 0 unspecified atom stereocenters. The maximum Gasteiger partial charge on any atom is 0.265 e. The molecule has 2 N–H and O–H groups in total. The fourth-order valence-electron chi connectivity index (χ4n) is 2.15. The molecule has 0 saturated heterocycles. The predicted molar refractivity (Wildman–Crippen MR) is 86.3 cm³/mol. The van der Waals surface area contributed by atoms with E-state index in [9.17, 15) is 9.18 Å². The quantitative estimate of drug-likeness (QED) is 0.924. The second kappa shape index (κ2) is 6.41. The van der Waals surface area contributed by atoms with Crippen LogP contribution in [-0.2, 0) is 0 Å². The number of anilines is 1. The highest BCUT2D eigenvalue weighted by Gasteiger charge is 2.19. The van der Waals surface area contributed by atoms with Gasteiger partial charge in [0.05, 0.1) is 5.69 Å². The summed E-state index contributed by atoms with van der Waals surface area (Å²) in [5, 5.41) is 0.616. The SMILES string of the molecule is CN(C)CCCN(C)C(=O)c1sc2ccc(F)cc2c1N. The van der Waals surface area contributed by atoms with Crippen molar-refractivity contribution in [3.05, 3.63) is 28.9 Å². The van der Waals surface area contributed by atoms with Crippen molar-refractivity contribution in [2.75, 3.05) is 40.0 Å². The van der Waals surface area contributed by atoms with Gasteiger partial charge < -0.3 is 15.5 Å². The number of fused-ring (bicyclic) bond motifs is 1. The van der Waals surface area contributed by atoms with Crippen molar-refractivity contribution in [1.82, 2.24) is 9.80 Å². The molecule has 0 saturated carbocycles. The van der Waals surface area contributed by atoms with Crippen LogP contribution in [0.5, 0.6) is 0 Å². The Morgan fingerprint density at radius 3 is 2.67 bits per heavy atom. The highest BCUT2D eigenvalue weighted by atomic mass is 32.1. The number of carbonyl (C=O) groups excluding carboxylic acids is 1. The summed E-state index contributed by atoms with van der Waals surface area (Å²) in [4.78, 5) is 16.7. The third-order valence-electron chi connectivity index (χ3n) is 3.33. The van der Waals surface area contributed by atoms with Crippen LogP contribution in [0.15, 0.2) is 18.2 Å². The van der Waals surface area contributed by atoms with Crippen molar-refractivity contribution in [2.24, 2.45) is 0 Å². The van der Waals surface area contributed by atoms with Crippen LogP contribution < -0.4 is 5.73 Å². The van der Waals surface area contributed by atoms with Gasteiger partial charge >= 0.3 is 0 Å². The molecule has 1 aromatic heterocycles. The highest BCUT2D eigenvalue weighted by Crippen LogP contribution is 2.34. The van der Waals surface area contributed by atoms with E-state index in [0.717, 1.165) is 17.7 Å². The van der Waals surface area contributed by atoms with Gasteiger partial charge in [0.25, 0.3) is 5.91 Å². The molecule has 0 spiro atoms. The molecule has 0 aliphatic heterocycles. The number of nitrogens with two attached hydrogens (primary N) is 1. The summed E-state index contributed by atoms with van der Waals surface area (Å²) in [5.41, 5.74) is 6.39. The van der Waals surface area contributed by atoms with E-state index in [1.807, 2.05) is 14.1 Å². The Hall–Kier alpha value is -1.66. The summed E-state index contributed by atoms with van der Waals surface area (Å²) >= 11 is 1.32. The first-order chi connectivity index (χ1) is 9.90. The number of benzene rings is 1. The van der Waals surface area contributed by atoms with Gasteiger partial charge in [-0.05, 0) is 45.3 Å². The normalized spacial score (nSPS) is 11.3. The standard InChI is InChI=1S/C15H20FN3OS/c1-18(2)7-4-8-19(3)15(20)14-13(17)11-9-10(16)5-6-12(11)21-14/h5-6,9H,4,7-8,17H2,1-3H3. The summed E-state index contributed by atoms with van der Waals surface area (Å²) in [6.45, 7) is 1.59. The summed E-state index contributed by atoms with van der Waals surface area (Å²) in [5.74, 6) is -0.446. The van der Waals surface area contributed by atoms with Crippen LogP contribution >= 0.6 is 11.3 Å². The van der Waals surface area contributed by atoms with Gasteiger partial charge in [0.15, 0.2) is 0 Å². The molecule has 0 aliphatic rings. The molecule has 1 amide bonds. The lowest BCUT2D eigenvalue weighted by Crippen LogP contribution is -2.29. The van der Waals surface area contributed by atoms with E-state index in [4.69, 9.17) is 5.73 Å². The fraction of sp³-hybridized carbons (Fsp3) is 0.400. The van der Waals surface area contributed by atoms with Gasteiger partial charge in [0.2, 0.25) is 0 Å². The Labute approximate surface area is 127 Å². The van der Waals surface area contributed by atoms with Crippen LogP contribution in [0.3, 0.4) is 0 Å². The first kappa shape index (κ1) is 15.7. The van der Waals surface area contributed by atoms with E-state index in [1.54, 1.807) is 18.0 Å².